The second-order valence-corrected chi connectivity index (χ2v) is 12.9. The lowest BCUT2D eigenvalue weighted by Gasteiger charge is -2.61. The Morgan fingerprint density at radius 3 is 2.53 bits per heavy atom. The van der Waals surface area contributed by atoms with Crippen molar-refractivity contribution in [1.29, 1.82) is 0 Å². The van der Waals surface area contributed by atoms with Gasteiger partial charge in [-0.2, -0.15) is 0 Å². The van der Waals surface area contributed by atoms with Crippen LogP contribution < -0.4 is 5.32 Å². The normalized spacial score (nSPS) is 52.6. The molecule has 5 fully saturated rings. The molecule has 9 atom stereocenters. The van der Waals surface area contributed by atoms with Gasteiger partial charge in [-0.15, -0.1) is 11.8 Å². The first-order valence-electron chi connectivity index (χ1n) is 11.8. The number of carboxylic acid groups (broad SMARTS) is 1. The van der Waals surface area contributed by atoms with Crippen molar-refractivity contribution < 1.29 is 19.5 Å². The minimum Gasteiger partial charge on any atom is -0.480 e. The van der Waals surface area contributed by atoms with Gasteiger partial charge in [-0.1, -0.05) is 13.8 Å². The number of carbonyl (C=O) groups excluding carboxylic acids is 2. The highest BCUT2D eigenvalue weighted by atomic mass is 32.2. The molecule has 0 radical (unpaired) electrons. The quantitative estimate of drug-likeness (QED) is 0.687. The summed E-state index contributed by atoms with van der Waals surface area (Å²) in [7, 11) is 0. The first-order chi connectivity index (χ1) is 14.1. The summed E-state index contributed by atoms with van der Waals surface area (Å²) in [4.78, 5) is 37.3. The van der Waals surface area contributed by atoms with E-state index in [0.717, 1.165) is 44.9 Å². The highest BCUT2D eigenvalue weighted by Gasteiger charge is 2.65. The molecular formula is C24H35NO4S. The fourth-order valence-electron chi connectivity index (χ4n) is 8.75. The maximum atomic E-state index is 13.6. The van der Waals surface area contributed by atoms with E-state index < -0.39 is 12.0 Å². The van der Waals surface area contributed by atoms with Crippen LogP contribution in [0.25, 0.3) is 0 Å². The fourth-order valence-corrected chi connectivity index (χ4v) is 10.3. The van der Waals surface area contributed by atoms with E-state index in [4.69, 9.17) is 0 Å². The van der Waals surface area contributed by atoms with Gasteiger partial charge in [0.15, 0.2) is 0 Å². The van der Waals surface area contributed by atoms with E-state index >= 15 is 0 Å². The van der Waals surface area contributed by atoms with Crippen molar-refractivity contribution in [2.45, 2.75) is 83.1 Å². The van der Waals surface area contributed by atoms with Crippen LogP contribution in [0.3, 0.4) is 0 Å². The Morgan fingerprint density at radius 1 is 1.10 bits per heavy atom. The zero-order chi connectivity index (χ0) is 21.5. The zero-order valence-corrected chi connectivity index (χ0v) is 19.2. The molecule has 2 N–H and O–H groups in total. The predicted molar refractivity (Wildman–Crippen MR) is 116 cm³/mol. The Labute approximate surface area is 183 Å². The highest BCUT2D eigenvalue weighted by molar-refractivity contribution is 8.01. The van der Waals surface area contributed by atoms with Crippen LogP contribution >= 0.6 is 11.8 Å². The number of hydrogen-bond acceptors (Lipinski definition) is 5. The number of fused-ring (bicyclic) bond motifs is 5. The maximum absolute atomic E-state index is 13.6. The van der Waals surface area contributed by atoms with E-state index in [1.54, 1.807) is 18.7 Å². The van der Waals surface area contributed by atoms with Gasteiger partial charge in [-0.3, -0.25) is 19.7 Å². The Morgan fingerprint density at radius 2 is 1.87 bits per heavy atom. The summed E-state index contributed by atoms with van der Waals surface area (Å²) >= 11 is 1.79. The van der Waals surface area contributed by atoms with Crippen molar-refractivity contribution in [3.8, 4) is 0 Å². The molecule has 0 unspecified atom stereocenters. The molecule has 5 aliphatic rings. The number of carboxylic acids is 1. The summed E-state index contributed by atoms with van der Waals surface area (Å²) in [6, 6.07) is -0.449. The van der Waals surface area contributed by atoms with Crippen LogP contribution in [0.5, 0.6) is 0 Å². The van der Waals surface area contributed by atoms with Gasteiger partial charge in [0.25, 0.3) is 0 Å². The highest BCUT2D eigenvalue weighted by Crippen LogP contribution is 2.67. The van der Waals surface area contributed by atoms with Crippen LogP contribution in [0, 0.1) is 40.4 Å². The first kappa shape index (κ1) is 21.0. The average Bonchev–Trinajstić information content (AvgIpc) is 3.23. The largest absolute Gasteiger partial charge is 0.480 e. The van der Waals surface area contributed by atoms with Gasteiger partial charge >= 0.3 is 5.97 Å². The van der Waals surface area contributed by atoms with Crippen LogP contribution in [0.15, 0.2) is 0 Å². The lowest BCUT2D eigenvalue weighted by molar-refractivity contribution is -0.159. The second-order valence-electron chi connectivity index (χ2n) is 11.5. The molecule has 1 aliphatic heterocycles. The van der Waals surface area contributed by atoms with Crippen LogP contribution in [-0.2, 0) is 14.4 Å². The molecule has 30 heavy (non-hydrogen) atoms. The SMILES string of the molecule is CC(=O)[C@H]1CC[C@H]2[C@@H]3CC[C@@H]4C[C@]5(CC[C@]4(C)[C@H]3C(=O)C[C@]12C)N[C@H](C(=O)O)CS5. The number of carbonyl (C=O) groups is 3. The van der Waals surface area contributed by atoms with E-state index in [-0.39, 0.29) is 33.3 Å². The third-order valence-corrected chi connectivity index (χ3v) is 11.7. The molecule has 6 heteroatoms. The molecule has 0 bridgehead atoms. The molecule has 5 rings (SSSR count). The van der Waals surface area contributed by atoms with Crippen LogP contribution in [-0.4, -0.2) is 39.3 Å². The number of nitrogens with one attached hydrogen (secondary N) is 1. The Bertz CT molecular complexity index is 800. The Kier molecular flexibility index (Phi) is 4.76. The van der Waals surface area contributed by atoms with E-state index in [2.05, 4.69) is 19.2 Å². The minimum absolute atomic E-state index is 0.0183. The molecule has 4 saturated carbocycles. The minimum atomic E-state index is -0.751. The average molecular weight is 434 g/mol. The summed E-state index contributed by atoms with van der Waals surface area (Å²) < 4.78 is 0. The maximum Gasteiger partial charge on any atom is 0.321 e. The molecule has 0 aromatic heterocycles. The van der Waals surface area contributed by atoms with E-state index in [0.29, 0.717) is 35.7 Å². The molecular weight excluding hydrogens is 398 g/mol. The van der Waals surface area contributed by atoms with Crippen molar-refractivity contribution in [2.24, 2.45) is 40.4 Å². The number of hydrogen-bond donors (Lipinski definition) is 2. The monoisotopic (exact) mass is 433 g/mol. The van der Waals surface area contributed by atoms with Gasteiger partial charge in [0.05, 0.1) is 4.87 Å². The molecule has 4 aliphatic carbocycles. The number of rotatable bonds is 2. The van der Waals surface area contributed by atoms with Gasteiger partial charge < -0.3 is 5.11 Å². The smallest absolute Gasteiger partial charge is 0.321 e. The summed E-state index contributed by atoms with van der Waals surface area (Å²) in [5.41, 5.74) is -0.120. The third-order valence-electron chi connectivity index (χ3n) is 10.1. The fraction of sp³-hybridized carbons (Fsp3) is 0.875. The van der Waals surface area contributed by atoms with Crippen LogP contribution in [0.1, 0.15) is 72.1 Å². The Hall–Kier alpha value is -0.880. The summed E-state index contributed by atoms with van der Waals surface area (Å²) in [6.07, 6.45) is 7.76. The molecule has 5 nitrogen and oxygen atoms in total. The number of aliphatic carboxylic acids is 1. The standard InChI is InChI=1S/C24H35NO4S/c1-13(26)16-6-7-17-15-5-4-14-10-24(25-18(12-30-24)21(28)29)9-8-22(14,2)20(15)19(27)11-23(16,17)3/h14-18,20,25H,4-12H2,1-3H3,(H,28,29)/t14-,15+,16-,17+,18+,20-,22+,23-,24-/m1/s1. The summed E-state index contributed by atoms with van der Waals surface area (Å²) in [5, 5.41) is 12.9. The molecule has 1 spiro atoms. The van der Waals surface area contributed by atoms with E-state index in [1.807, 2.05) is 0 Å². The van der Waals surface area contributed by atoms with Gasteiger partial charge in [0, 0.05) is 24.0 Å². The van der Waals surface area contributed by atoms with Crippen molar-refractivity contribution in [1.82, 2.24) is 5.32 Å². The molecule has 0 amide bonds. The number of ketones is 2. The predicted octanol–water partition coefficient (Wildman–Crippen LogP) is 3.90. The van der Waals surface area contributed by atoms with Crippen molar-refractivity contribution in [2.75, 3.05) is 5.75 Å². The van der Waals surface area contributed by atoms with Gasteiger partial charge in [-0.25, -0.2) is 0 Å². The zero-order valence-electron chi connectivity index (χ0n) is 18.4. The van der Waals surface area contributed by atoms with Crippen molar-refractivity contribution in [3.05, 3.63) is 0 Å². The van der Waals surface area contributed by atoms with Crippen molar-refractivity contribution in [3.63, 3.8) is 0 Å². The van der Waals surface area contributed by atoms with E-state index in [1.165, 1.54) is 0 Å². The molecule has 0 aromatic carbocycles. The van der Waals surface area contributed by atoms with Crippen LogP contribution in [0.4, 0.5) is 0 Å². The summed E-state index contributed by atoms with van der Waals surface area (Å²) in [6.45, 7) is 6.29. The first-order valence-corrected chi connectivity index (χ1v) is 12.8. The van der Waals surface area contributed by atoms with Gasteiger partial charge in [0.1, 0.15) is 17.6 Å². The van der Waals surface area contributed by atoms with Crippen LogP contribution in [0.2, 0.25) is 0 Å². The van der Waals surface area contributed by atoms with Gasteiger partial charge in [-0.05, 0) is 80.5 Å². The van der Waals surface area contributed by atoms with Gasteiger partial charge in [0.2, 0.25) is 0 Å². The topological polar surface area (TPSA) is 83.5 Å². The molecule has 1 heterocycles. The number of thioether (sulfide) groups is 1. The lowest BCUT2D eigenvalue weighted by atomic mass is 9.44. The molecule has 1 saturated heterocycles. The Balaban J connectivity index is 1.40. The second kappa shape index (κ2) is 6.81. The van der Waals surface area contributed by atoms with Crippen molar-refractivity contribution >= 4 is 29.3 Å². The van der Waals surface area contributed by atoms with E-state index in [9.17, 15) is 19.5 Å². The summed E-state index contributed by atoms with van der Waals surface area (Å²) in [5.74, 6) is 2.13. The lowest BCUT2D eigenvalue weighted by Crippen LogP contribution is -2.60. The third kappa shape index (κ3) is 2.81. The number of Topliss-reactive ketones (excluding diaryl/α,β-unsaturated/α-hetero) is 2. The molecule has 166 valence electrons. The molecule has 0 aromatic rings.